The summed E-state index contributed by atoms with van der Waals surface area (Å²) in [5, 5.41) is 11.4. The Morgan fingerprint density at radius 3 is 2.31 bits per heavy atom. The first-order chi connectivity index (χ1) is 16.5. The molecule has 0 radical (unpaired) electrons. The Hall–Kier alpha value is -2.89. The van der Waals surface area contributed by atoms with Gasteiger partial charge in [0.2, 0.25) is 0 Å². The van der Waals surface area contributed by atoms with Crippen molar-refractivity contribution in [3.8, 4) is 0 Å². The number of carbonyl (C=O) groups is 2. The average Bonchev–Trinajstić information content (AvgIpc) is 2.77. The van der Waals surface area contributed by atoms with Crippen LogP contribution < -0.4 is 0 Å². The molecule has 0 aromatic heterocycles. The molecule has 0 saturated heterocycles. The van der Waals surface area contributed by atoms with Gasteiger partial charge in [0.05, 0.1) is 34.7 Å². The van der Waals surface area contributed by atoms with Gasteiger partial charge >= 0.3 is 20.5 Å². The third kappa shape index (κ3) is 7.06. The molecule has 1 atom stereocenters. The molecule has 13 heteroatoms. The van der Waals surface area contributed by atoms with Crippen molar-refractivity contribution in [1.82, 2.24) is 4.90 Å². The van der Waals surface area contributed by atoms with Crippen molar-refractivity contribution in [3.05, 3.63) is 62.5 Å². The van der Waals surface area contributed by atoms with Crippen molar-refractivity contribution in [1.29, 1.82) is 0 Å². The molecule has 0 fully saturated rings. The first kappa shape index (κ1) is 28.3. The zero-order valence-corrected chi connectivity index (χ0v) is 21.0. The van der Waals surface area contributed by atoms with Crippen LogP contribution in [-0.2, 0) is 28.3 Å². The van der Waals surface area contributed by atoms with Gasteiger partial charge in [0.1, 0.15) is 13.3 Å². The van der Waals surface area contributed by atoms with E-state index in [0.717, 1.165) is 0 Å². The summed E-state index contributed by atoms with van der Waals surface area (Å²) in [4.78, 5) is 57.3. The SMILES string of the molecule is COCCOC(=O)C1=C(C)N(COP(O)O)C(C)=C(C(=O)OC(C)C)C1c1cccc([N+](=O)[O-])c1. The number of hydrogen-bond donors (Lipinski definition) is 2. The summed E-state index contributed by atoms with van der Waals surface area (Å²) in [7, 11) is -1.28. The lowest BCUT2D eigenvalue weighted by molar-refractivity contribution is -0.384. The number of benzene rings is 1. The van der Waals surface area contributed by atoms with Gasteiger partial charge in [0.25, 0.3) is 5.69 Å². The van der Waals surface area contributed by atoms with E-state index in [9.17, 15) is 29.5 Å². The van der Waals surface area contributed by atoms with E-state index < -0.39 is 37.5 Å². The number of hydrogen-bond acceptors (Lipinski definition) is 11. The van der Waals surface area contributed by atoms with Crippen LogP contribution in [0.25, 0.3) is 0 Å². The number of carbonyl (C=O) groups excluding carboxylic acids is 2. The number of nitro benzene ring substituents is 1. The van der Waals surface area contributed by atoms with E-state index >= 15 is 0 Å². The van der Waals surface area contributed by atoms with E-state index in [0.29, 0.717) is 17.0 Å². The molecule has 0 spiro atoms. The zero-order chi connectivity index (χ0) is 26.3. The number of non-ortho nitro benzene ring substituents is 1. The molecule has 1 aliphatic heterocycles. The van der Waals surface area contributed by atoms with E-state index in [-0.39, 0.29) is 36.8 Å². The highest BCUT2D eigenvalue weighted by atomic mass is 31.2. The van der Waals surface area contributed by atoms with E-state index in [1.165, 1.54) is 30.2 Å². The fourth-order valence-corrected chi connectivity index (χ4v) is 3.88. The molecule has 0 amide bonds. The van der Waals surface area contributed by atoms with Gasteiger partial charge in [-0.2, -0.15) is 0 Å². The van der Waals surface area contributed by atoms with Crippen LogP contribution in [0, 0.1) is 10.1 Å². The van der Waals surface area contributed by atoms with Crippen LogP contribution in [0.3, 0.4) is 0 Å². The lowest BCUT2D eigenvalue weighted by atomic mass is 9.79. The summed E-state index contributed by atoms with van der Waals surface area (Å²) in [6.45, 7) is 6.15. The minimum Gasteiger partial charge on any atom is -0.460 e. The van der Waals surface area contributed by atoms with Crippen molar-refractivity contribution in [2.45, 2.75) is 39.7 Å². The Labute approximate surface area is 203 Å². The number of allylic oxidation sites excluding steroid dienone is 2. The number of nitrogens with zero attached hydrogens (tertiary/aromatic N) is 2. The Kier molecular flexibility index (Phi) is 10.3. The van der Waals surface area contributed by atoms with Crippen LogP contribution in [-0.4, -0.2) is 64.7 Å². The third-order valence-electron chi connectivity index (χ3n) is 5.19. The Balaban J connectivity index is 2.75. The van der Waals surface area contributed by atoms with Crippen molar-refractivity contribution in [3.63, 3.8) is 0 Å². The van der Waals surface area contributed by atoms with Gasteiger partial charge in [-0.25, -0.2) is 9.59 Å². The summed E-state index contributed by atoms with van der Waals surface area (Å²) in [6.07, 6.45) is -0.495. The molecule has 0 aliphatic carbocycles. The molecule has 2 N–H and O–H groups in total. The topological polar surface area (TPSA) is 158 Å². The standard InChI is InChI=1S/C22H29N2O10P/c1-13(2)34-22(26)19-15(4)23(12-33-35(29)30)14(3)18(21(25)32-10-9-31-5)20(19)16-7-6-8-17(11-16)24(27)28/h6-8,11,13,20,29-30H,9-10,12H2,1-5H3. The second-order valence-corrected chi connectivity index (χ2v) is 8.57. The van der Waals surface area contributed by atoms with Gasteiger partial charge in [-0.3, -0.25) is 14.6 Å². The molecular formula is C22H29N2O10P. The highest BCUT2D eigenvalue weighted by Gasteiger charge is 2.41. The van der Waals surface area contributed by atoms with Crippen LogP contribution >= 0.6 is 8.60 Å². The predicted molar refractivity (Wildman–Crippen MR) is 124 cm³/mol. The van der Waals surface area contributed by atoms with Gasteiger partial charge in [-0.1, -0.05) is 12.1 Å². The van der Waals surface area contributed by atoms with E-state index in [1.54, 1.807) is 33.8 Å². The summed E-state index contributed by atoms with van der Waals surface area (Å²) < 4.78 is 20.7. The van der Waals surface area contributed by atoms with E-state index in [1.807, 2.05) is 0 Å². The normalized spacial score (nSPS) is 16.3. The van der Waals surface area contributed by atoms with Crippen LogP contribution in [0.4, 0.5) is 5.69 Å². The molecule has 0 saturated carbocycles. The summed E-state index contributed by atoms with van der Waals surface area (Å²) in [5.74, 6) is -2.58. The summed E-state index contributed by atoms with van der Waals surface area (Å²) in [5.41, 5.74) is 0.756. The monoisotopic (exact) mass is 512 g/mol. The lowest BCUT2D eigenvalue weighted by Gasteiger charge is -2.37. The fourth-order valence-electron chi connectivity index (χ4n) is 3.66. The smallest absolute Gasteiger partial charge is 0.337 e. The summed E-state index contributed by atoms with van der Waals surface area (Å²) in [6, 6.07) is 5.60. The van der Waals surface area contributed by atoms with Crippen molar-refractivity contribution < 1.29 is 43.0 Å². The van der Waals surface area contributed by atoms with Gasteiger partial charge in [-0.05, 0) is 33.3 Å². The van der Waals surface area contributed by atoms with Crippen molar-refractivity contribution in [2.75, 3.05) is 27.1 Å². The van der Waals surface area contributed by atoms with Crippen molar-refractivity contribution in [2.24, 2.45) is 0 Å². The maximum absolute atomic E-state index is 13.3. The number of methoxy groups -OCH3 is 1. The Morgan fingerprint density at radius 1 is 1.14 bits per heavy atom. The van der Waals surface area contributed by atoms with Crippen LogP contribution in [0.15, 0.2) is 46.8 Å². The average molecular weight is 512 g/mol. The van der Waals surface area contributed by atoms with Gasteiger partial charge in [0, 0.05) is 30.6 Å². The van der Waals surface area contributed by atoms with E-state index in [4.69, 9.17) is 18.7 Å². The molecule has 192 valence electrons. The third-order valence-corrected chi connectivity index (χ3v) is 5.53. The highest BCUT2D eigenvalue weighted by molar-refractivity contribution is 7.39. The molecule has 12 nitrogen and oxygen atoms in total. The van der Waals surface area contributed by atoms with Crippen molar-refractivity contribution >= 4 is 26.2 Å². The number of rotatable bonds is 11. The molecule has 35 heavy (non-hydrogen) atoms. The number of nitro groups is 1. The molecule has 1 aromatic carbocycles. The Bertz CT molecular complexity index is 1020. The first-order valence-electron chi connectivity index (χ1n) is 10.6. The lowest BCUT2D eigenvalue weighted by Crippen LogP contribution is -2.36. The molecule has 2 rings (SSSR count). The minimum absolute atomic E-state index is 0.0201. The van der Waals surface area contributed by atoms with Gasteiger partial charge < -0.3 is 28.9 Å². The second-order valence-electron chi connectivity index (χ2n) is 7.81. The number of ether oxygens (including phenoxy) is 3. The minimum atomic E-state index is -2.73. The highest BCUT2D eigenvalue weighted by Crippen LogP contribution is 2.44. The van der Waals surface area contributed by atoms with E-state index in [2.05, 4.69) is 0 Å². The number of esters is 2. The van der Waals surface area contributed by atoms with Gasteiger partial charge in [0.15, 0.2) is 0 Å². The molecule has 0 bridgehead atoms. The predicted octanol–water partition coefficient (Wildman–Crippen LogP) is 2.87. The van der Waals surface area contributed by atoms with Crippen LogP contribution in [0.5, 0.6) is 0 Å². The maximum Gasteiger partial charge on any atom is 0.337 e. The molecule has 1 unspecified atom stereocenters. The van der Waals surface area contributed by atoms with Gasteiger partial charge in [-0.15, -0.1) is 0 Å². The molecule has 1 heterocycles. The van der Waals surface area contributed by atoms with Crippen LogP contribution in [0.2, 0.25) is 0 Å². The summed E-state index contributed by atoms with van der Waals surface area (Å²) >= 11 is 0. The quantitative estimate of drug-likeness (QED) is 0.148. The first-order valence-corrected chi connectivity index (χ1v) is 11.8. The molecule has 1 aliphatic rings. The van der Waals surface area contributed by atoms with Crippen LogP contribution in [0.1, 0.15) is 39.2 Å². The largest absolute Gasteiger partial charge is 0.460 e. The Morgan fingerprint density at radius 2 is 1.77 bits per heavy atom. The second kappa shape index (κ2) is 12.7. The molecular weight excluding hydrogens is 483 g/mol. The maximum atomic E-state index is 13.3. The molecule has 1 aromatic rings. The fraction of sp³-hybridized carbons (Fsp3) is 0.455. The zero-order valence-electron chi connectivity index (χ0n) is 20.1.